The van der Waals surface area contributed by atoms with E-state index in [-0.39, 0.29) is 5.75 Å². The Bertz CT molecular complexity index is 359. The van der Waals surface area contributed by atoms with Gasteiger partial charge in [0.05, 0.1) is 14.2 Å². The summed E-state index contributed by atoms with van der Waals surface area (Å²) in [6.07, 6.45) is 3.25. The van der Waals surface area contributed by atoms with Crippen LogP contribution in [0, 0.1) is 6.92 Å². The summed E-state index contributed by atoms with van der Waals surface area (Å²) in [4.78, 5) is 0. The van der Waals surface area contributed by atoms with Crippen molar-refractivity contribution >= 4 is 0 Å². The lowest BCUT2D eigenvalue weighted by Crippen LogP contribution is -1.97. The van der Waals surface area contributed by atoms with Gasteiger partial charge in [-0.3, -0.25) is 0 Å². The Morgan fingerprint density at radius 1 is 1.25 bits per heavy atom. The van der Waals surface area contributed by atoms with Crippen LogP contribution in [0.25, 0.3) is 0 Å². The van der Waals surface area contributed by atoms with Crippen LogP contribution in [0.4, 0.5) is 0 Å². The highest BCUT2D eigenvalue weighted by molar-refractivity contribution is 5.57. The summed E-state index contributed by atoms with van der Waals surface area (Å²) in [6, 6.07) is 1.89. The molecule has 16 heavy (non-hydrogen) atoms. The van der Waals surface area contributed by atoms with E-state index in [1.165, 1.54) is 5.56 Å². The van der Waals surface area contributed by atoms with Crippen molar-refractivity contribution < 1.29 is 14.6 Å². The van der Waals surface area contributed by atoms with Gasteiger partial charge in [0.25, 0.3) is 0 Å². The second kappa shape index (κ2) is 5.64. The molecular weight excluding hydrogens is 204 g/mol. The monoisotopic (exact) mass is 224 g/mol. The number of hydrogen-bond acceptors (Lipinski definition) is 3. The van der Waals surface area contributed by atoms with Crippen molar-refractivity contribution in [2.24, 2.45) is 0 Å². The predicted molar refractivity (Wildman–Crippen MR) is 64.6 cm³/mol. The van der Waals surface area contributed by atoms with Crippen molar-refractivity contribution in [3.63, 3.8) is 0 Å². The highest BCUT2D eigenvalue weighted by Gasteiger charge is 2.15. The summed E-state index contributed by atoms with van der Waals surface area (Å²) in [5.41, 5.74) is 2.17. The first-order valence-corrected chi connectivity index (χ1v) is 5.59. The maximum absolute atomic E-state index is 9.87. The minimum atomic E-state index is 0.0859. The molecule has 0 bridgehead atoms. The SMILES string of the molecule is CCCCc1cc(OC)c(O)c(OC)c1C. The lowest BCUT2D eigenvalue weighted by molar-refractivity contribution is 0.337. The zero-order chi connectivity index (χ0) is 12.1. The molecule has 0 spiro atoms. The molecule has 0 aliphatic carbocycles. The number of rotatable bonds is 5. The first kappa shape index (κ1) is 12.7. The van der Waals surface area contributed by atoms with E-state index in [9.17, 15) is 5.11 Å². The zero-order valence-corrected chi connectivity index (χ0v) is 10.5. The van der Waals surface area contributed by atoms with Crippen molar-refractivity contribution in [1.82, 2.24) is 0 Å². The summed E-state index contributed by atoms with van der Waals surface area (Å²) >= 11 is 0. The third-order valence-corrected chi connectivity index (χ3v) is 2.80. The van der Waals surface area contributed by atoms with E-state index in [0.29, 0.717) is 11.5 Å². The highest BCUT2D eigenvalue weighted by Crippen LogP contribution is 2.40. The molecule has 0 saturated carbocycles. The van der Waals surface area contributed by atoms with Crippen LogP contribution in [0.3, 0.4) is 0 Å². The summed E-state index contributed by atoms with van der Waals surface area (Å²) in [6.45, 7) is 4.12. The quantitative estimate of drug-likeness (QED) is 0.835. The van der Waals surface area contributed by atoms with Crippen molar-refractivity contribution in [1.29, 1.82) is 0 Å². The molecular formula is C13H20O3. The average molecular weight is 224 g/mol. The van der Waals surface area contributed by atoms with Gasteiger partial charge in [-0.05, 0) is 37.0 Å². The number of aryl methyl sites for hydroxylation is 1. The Hall–Kier alpha value is -1.38. The number of aromatic hydroxyl groups is 1. The molecule has 0 saturated heterocycles. The van der Waals surface area contributed by atoms with E-state index >= 15 is 0 Å². The van der Waals surface area contributed by atoms with Gasteiger partial charge >= 0.3 is 0 Å². The predicted octanol–water partition coefficient (Wildman–Crippen LogP) is 3.06. The van der Waals surface area contributed by atoms with Gasteiger partial charge < -0.3 is 14.6 Å². The molecule has 0 unspecified atom stereocenters. The Balaban J connectivity index is 3.18. The van der Waals surface area contributed by atoms with Gasteiger partial charge in [0, 0.05) is 0 Å². The molecule has 1 N–H and O–H groups in total. The Morgan fingerprint density at radius 3 is 2.44 bits per heavy atom. The van der Waals surface area contributed by atoms with E-state index in [0.717, 1.165) is 24.8 Å². The summed E-state index contributed by atoms with van der Waals surface area (Å²) in [5, 5.41) is 9.87. The van der Waals surface area contributed by atoms with Crippen LogP contribution in [0.1, 0.15) is 30.9 Å². The lowest BCUT2D eigenvalue weighted by atomic mass is 10.0. The van der Waals surface area contributed by atoms with Gasteiger partial charge in [0.15, 0.2) is 11.5 Å². The molecule has 0 fully saturated rings. The molecule has 0 aliphatic heterocycles. The molecule has 0 aromatic heterocycles. The van der Waals surface area contributed by atoms with Crippen molar-refractivity contribution in [2.75, 3.05) is 14.2 Å². The fourth-order valence-electron chi connectivity index (χ4n) is 1.80. The van der Waals surface area contributed by atoms with E-state index in [1.807, 2.05) is 13.0 Å². The number of phenolic OH excluding ortho intramolecular Hbond substituents is 1. The number of unbranched alkanes of at least 4 members (excludes halogenated alkanes) is 1. The van der Waals surface area contributed by atoms with E-state index in [1.54, 1.807) is 14.2 Å². The number of methoxy groups -OCH3 is 2. The Labute approximate surface area is 97.0 Å². The highest BCUT2D eigenvalue weighted by atomic mass is 16.5. The fraction of sp³-hybridized carbons (Fsp3) is 0.538. The van der Waals surface area contributed by atoms with E-state index in [2.05, 4.69) is 6.92 Å². The van der Waals surface area contributed by atoms with Crippen molar-refractivity contribution in [3.8, 4) is 17.2 Å². The minimum absolute atomic E-state index is 0.0859. The second-order valence-electron chi connectivity index (χ2n) is 3.85. The minimum Gasteiger partial charge on any atom is -0.502 e. The molecule has 0 atom stereocenters. The van der Waals surface area contributed by atoms with Gasteiger partial charge in [0.2, 0.25) is 5.75 Å². The number of ether oxygens (including phenoxy) is 2. The molecule has 3 heteroatoms. The van der Waals surface area contributed by atoms with Crippen LogP contribution >= 0.6 is 0 Å². The first-order valence-electron chi connectivity index (χ1n) is 5.59. The molecule has 1 rings (SSSR count). The normalized spacial score (nSPS) is 10.2. The van der Waals surface area contributed by atoms with Gasteiger partial charge in [-0.2, -0.15) is 0 Å². The van der Waals surface area contributed by atoms with Gasteiger partial charge in [-0.1, -0.05) is 13.3 Å². The van der Waals surface area contributed by atoms with Crippen LogP contribution in [-0.2, 0) is 6.42 Å². The van der Waals surface area contributed by atoms with Gasteiger partial charge in [0.1, 0.15) is 0 Å². The van der Waals surface area contributed by atoms with Crippen LogP contribution in [-0.4, -0.2) is 19.3 Å². The van der Waals surface area contributed by atoms with Crippen LogP contribution < -0.4 is 9.47 Å². The van der Waals surface area contributed by atoms with E-state index < -0.39 is 0 Å². The fourth-order valence-corrected chi connectivity index (χ4v) is 1.80. The van der Waals surface area contributed by atoms with Gasteiger partial charge in [-0.15, -0.1) is 0 Å². The third-order valence-electron chi connectivity index (χ3n) is 2.80. The number of phenols is 1. The largest absolute Gasteiger partial charge is 0.502 e. The van der Waals surface area contributed by atoms with Crippen LogP contribution in [0.2, 0.25) is 0 Å². The molecule has 0 radical (unpaired) electrons. The maximum atomic E-state index is 9.87. The lowest BCUT2D eigenvalue weighted by Gasteiger charge is -2.15. The van der Waals surface area contributed by atoms with Crippen LogP contribution in [0.5, 0.6) is 17.2 Å². The van der Waals surface area contributed by atoms with E-state index in [4.69, 9.17) is 9.47 Å². The van der Waals surface area contributed by atoms with Gasteiger partial charge in [-0.25, -0.2) is 0 Å². The molecule has 90 valence electrons. The molecule has 0 amide bonds. The maximum Gasteiger partial charge on any atom is 0.201 e. The first-order chi connectivity index (χ1) is 7.65. The number of benzene rings is 1. The Morgan fingerprint density at radius 2 is 1.94 bits per heavy atom. The smallest absolute Gasteiger partial charge is 0.201 e. The zero-order valence-electron chi connectivity index (χ0n) is 10.5. The molecule has 3 nitrogen and oxygen atoms in total. The van der Waals surface area contributed by atoms with Crippen molar-refractivity contribution in [2.45, 2.75) is 33.1 Å². The summed E-state index contributed by atoms with van der Waals surface area (Å²) in [7, 11) is 3.11. The second-order valence-corrected chi connectivity index (χ2v) is 3.85. The topological polar surface area (TPSA) is 38.7 Å². The van der Waals surface area contributed by atoms with Crippen LogP contribution in [0.15, 0.2) is 6.07 Å². The summed E-state index contributed by atoms with van der Waals surface area (Å²) in [5.74, 6) is 1.08. The molecule has 1 aromatic rings. The summed E-state index contributed by atoms with van der Waals surface area (Å²) < 4.78 is 10.3. The standard InChI is InChI=1S/C13H20O3/c1-5-6-7-10-8-11(15-3)12(14)13(16-4)9(10)2/h8,14H,5-7H2,1-4H3. The molecule has 1 aromatic carbocycles. The van der Waals surface area contributed by atoms with Crippen molar-refractivity contribution in [3.05, 3.63) is 17.2 Å². The molecule has 0 heterocycles. The average Bonchev–Trinajstić information content (AvgIpc) is 2.29. The third kappa shape index (κ3) is 2.40. The number of hydrogen-bond donors (Lipinski definition) is 1. The molecule has 0 aliphatic rings. The Kier molecular flexibility index (Phi) is 4.47.